The van der Waals surface area contributed by atoms with Gasteiger partial charge in [0.2, 0.25) is 0 Å². The van der Waals surface area contributed by atoms with E-state index in [0.717, 1.165) is 4.68 Å². The second kappa shape index (κ2) is 11.1. The van der Waals surface area contributed by atoms with Gasteiger partial charge in [-0.25, -0.2) is 5.43 Å². The molecule has 0 saturated carbocycles. The summed E-state index contributed by atoms with van der Waals surface area (Å²) in [5.41, 5.74) is 3.91. The van der Waals surface area contributed by atoms with Gasteiger partial charge in [0.25, 0.3) is 11.5 Å². The maximum atomic E-state index is 13.2. The van der Waals surface area contributed by atoms with Crippen molar-refractivity contribution in [1.29, 1.82) is 0 Å². The molecule has 0 aliphatic carbocycles. The van der Waals surface area contributed by atoms with Crippen LogP contribution in [0.3, 0.4) is 0 Å². The maximum Gasteiger partial charge on any atom is 0.292 e. The molecule has 0 unspecified atom stereocenters. The van der Waals surface area contributed by atoms with E-state index in [9.17, 15) is 14.7 Å². The van der Waals surface area contributed by atoms with Gasteiger partial charge in [-0.15, -0.1) is 0 Å². The summed E-state index contributed by atoms with van der Waals surface area (Å²) in [6.45, 7) is 0. The monoisotopic (exact) mass is 500 g/mol. The van der Waals surface area contributed by atoms with Crippen LogP contribution >= 0.6 is 0 Å². The van der Waals surface area contributed by atoms with E-state index in [4.69, 9.17) is 14.2 Å². The number of benzene rings is 3. The van der Waals surface area contributed by atoms with Gasteiger partial charge in [-0.3, -0.25) is 9.59 Å². The summed E-state index contributed by atoms with van der Waals surface area (Å²) in [5, 5.41) is 18.3. The van der Waals surface area contributed by atoms with E-state index in [2.05, 4.69) is 15.6 Å². The molecule has 0 bridgehead atoms. The number of hydrogen-bond acceptors (Lipinski definition) is 8. The van der Waals surface area contributed by atoms with Crippen molar-refractivity contribution in [3.8, 4) is 39.8 Å². The number of nitrogens with one attached hydrogen (secondary N) is 1. The van der Waals surface area contributed by atoms with Gasteiger partial charge in [0, 0.05) is 11.6 Å². The molecule has 0 aliphatic rings. The van der Waals surface area contributed by atoms with Crippen molar-refractivity contribution >= 4 is 12.1 Å². The third-order valence-corrected chi connectivity index (χ3v) is 5.45. The molecule has 0 aliphatic heterocycles. The Labute approximate surface area is 212 Å². The third-order valence-electron chi connectivity index (χ3n) is 5.45. The first-order chi connectivity index (χ1) is 17.9. The van der Waals surface area contributed by atoms with Gasteiger partial charge in [0.1, 0.15) is 11.5 Å². The van der Waals surface area contributed by atoms with Crippen LogP contribution in [0, 0.1) is 0 Å². The summed E-state index contributed by atoms with van der Waals surface area (Å²) in [5.74, 6) is 0.857. The Morgan fingerprint density at radius 3 is 2.16 bits per heavy atom. The molecule has 0 fully saturated rings. The lowest BCUT2D eigenvalue weighted by atomic mass is 10.0. The van der Waals surface area contributed by atoms with Gasteiger partial charge in [-0.1, -0.05) is 12.1 Å². The number of methoxy groups -OCH3 is 3. The first-order valence-corrected chi connectivity index (χ1v) is 11.1. The summed E-state index contributed by atoms with van der Waals surface area (Å²) in [6, 6.07) is 19.6. The quantitative estimate of drug-likeness (QED) is 0.281. The van der Waals surface area contributed by atoms with Crippen LogP contribution in [0.4, 0.5) is 0 Å². The van der Waals surface area contributed by atoms with Gasteiger partial charge < -0.3 is 19.3 Å². The number of phenolic OH excluding ortho intramolecular Hbond substituents is 1. The minimum atomic E-state index is -0.637. The van der Waals surface area contributed by atoms with Crippen LogP contribution in [-0.2, 0) is 0 Å². The Balaban J connectivity index is 1.71. The summed E-state index contributed by atoms with van der Waals surface area (Å²) in [6.07, 6.45) is 1.36. The highest BCUT2D eigenvalue weighted by Gasteiger charge is 2.19. The number of aromatic hydroxyl groups is 1. The van der Waals surface area contributed by atoms with Gasteiger partial charge in [-0.05, 0) is 65.7 Å². The van der Waals surface area contributed by atoms with Crippen molar-refractivity contribution in [2.24, 2.45) is 5.10 Å². The summed E-state index contributed by atoms with van der Waals surface area (Å²) >= 11 is 0. The Morgan fingerprint density at radius 2 is 1.57 bits per heavy atom. The summed E-state index contributed by atoms with van der Waals surface area (Å²) < 4.78 is 16.5. The van der Waals surface area contributed by atoms with Crippen molar-refractivity contribution in [1.82, 2.24) is 15.2 Å². The Bertz CT molecular complexity index is 1500. The zero-order valence-electron chi connectivity index (χ0n) is 20.3. The number of aromatic nitrogens is 2. The van der Waals surface area contributed by atoms with E-state index >= 15 is 0 Å². The van der Waals surface area contributed by atoms with Crippen molar-refractivity contribution < 1.29 is 24.1 Å². The average Bonchev–Trinajstić information content (AvgIpc) is 2.93. The lowest BCUT2D eigenvalue weighted by Gasteiger charge is -2.12. The van der Waals surface area contributed by atoms with Gasteiger partial charge in [-0.2, -0.15) is 14.9 Å². The average molecular weight is 501 g/mol. The van der Waals surface area contributed by atoms with Crippen LogP contribution in [0.15, 0.2) is 82.7 Å². The van der Waals surface area contributed by atoms with E-state index in [1.54, 1.807) is 74.9 Å². The molecule has 0 radical (unpaired) electrons. The number of phenols is 1. The number of ether oxygens (including phenoxy) is 3. The van der Waals surface area contributed by atoms with Crippen molar-refractivity contribution in [2.75, 3.05) is 21.3 Å². The molecule has 0 saturated heterocycles. The van der Waals surface area contributed by atoms with Crippen LogP contribution in [0.5, 0.6) is 23.0 Å². The van der Waals surface area contributed by atoms with E-state index < -0.39 is 11.5 Å². The largest absolute Gasteiger partial charge is 0.504 e. The lowest BCUT2D eigenvalue weighted by Crippen LogP contribution is -2.28. The second-order valence-electron chi connectivity index (χ2n) is 7.71. The topological polar surface area (TPSA) is 124 Å². The summed E-state index contributed by atoms with van der Waals surface area (Å²) in [4.78, 5) is 26.2. The van der Waals surface area contributed by atoms with Crippen molar-refractivity contribution in [3.63, 3.8) is 0 Å². The number of hydrazone groups is 1. The molecule has 4 aromatic rings. The number of nitrogens with zero attached hydrogens (tertiary/aromatic N) is 3. The fourth-order valence-corrected chi connectivity index (χ4v) is 3.53. The van der Waals surface area contributed by atoms with Gasteiger partial charge in [0.05, 0.1) is 33.2 Å². The minimum absolute atomic E-state index is 0.0182. The zero-order valence-corrected chi connectivity index (χ0v) is 20.3. The van der Waals surface area contributed by atoms with E-state index in [-0.39, 0.29) is 11.4 Å². The van der Waals surface area contributed by atoms with Crippen LogP contribution in [-0.4, -0.2) is 48.3 Å². The van der Waals surface area contributed by atoms with E-state index in [1.165, 1.54) is 25.5 Å². The molecule has 0 atom stereocenters. The third kappa shape index (κ3) is 5.59. The molecule has 10 nitrogen and oxygen atoms in total. The molecule has 188 valence electrons. The first-order valence-electron chi connectivity index (χ1n) is 11.1. The molecule has 1 amide bonds. The molecule has 37 heavy (non-hydrogen) atoms. The lowest BCUT2D eigenvalue weighted by molar-refractivity contribution is 0.0949. The standard InChI is InChI=1S/C27H24N4O6/c1-35-20-9-5-18(6-10-20)22-15-25(33)31(19-7-11-21(36-2)12-8-19)30-26(22)27(34)29-28-16-17-4-13-24(37-3)23(32)14-17/h4-16,32H,1-3H3,(H,29,34)/b28-16+. The molecular weight excluding hydrogens is 476 g/mol. The smallest absolute Gasteiger partial charge is 0.292 e. The first kappa shape index (κ1) is 25.0. The predicted octanol–water partition coefficient (Wildman–Crippen LogP) is 3.39. The fraction of sp³-hybridized carbons (Fsp3) is 0.111. The number of hydrogen-bond donors (Lipinski definition) is 2. The van der Waals surface area contributed by atoms with Crippen LogP contribution in [0.25, 0.3) is 16.8 Å². The number of carbonyl (C=O) groups excluding carboxylic acids is 1. The molecular formula is C27H24N4O6. The number of carbonyl (C=O) groups is 1. The number of amides is 1. The highest BCUT2D eigenvalue weighted by molar-refractivity contribution is 5.99. The molecule has 10 heteroatoms. The Hall–Kier alpha value is -5.12. The fourth-order valence-electron chi connectivity index (χ4n) is 3.53. The molecule has 4 rings (SSSR count). The SMILES string of the molecule is COc1ccc(-c2cc(=O)n(-c3ccc(OC)cc3)nc2C(=O)N/N=C/c2ccc(OC)c(O)c2)cc1. The molecule has 1 aromatic heterocycles. The molecule has 1 heterocycles. The minimum Gasteiger partial charge on any atom is -0.504 e. The molecule has 0 spiro atoms. The van der Waals surface area contributed by atoms with Crippen LogP contribution in [0.2, 0.25) is 0 Å². The highest BCUT2D eigenvalue weighted by atomic mass is 16.5. The predicted molar refractivity (Wildman–Crippen MR) is 138 cm³/mol. The maximum absolute atomic E-state index is 13.2. The van der Waals surface area contributed by atoms with Crippen LogP contribution in [0.1, 0.15) is 16.1 Å². The molecule has 2 N–H and O–H groups in total. The Kier molecular flexibility index (Phi) is 7.48. The highest BCUT2D eigenvalue weighted by Crippen LogP contribution is 2.26. The second-order valence-corrected chi connectivity index (χ2v) is 7.71. The van der Waals surface area contributed by atoms with Crippen molar-refractivity contribution in [3.05, 3.63) is 94.4 Å². The summed E-state index contributed by atoms with van der Waals surface area (Å²) in [7, 11) is 4.53. The number of rotatable bonds is 8. The normalized spacial score (nSPS) is 10.8. The zero-order chi connectivity index (χ0) is 26.4. The molecule has 3 aromatic carbocycles. The van der Waals surface area contributed by atoms with Gasteiger partial charge in [0.15, 0.2) is 17.2 Å². The van der Waals surface area contributed by atoms with Gasteiger partial charge >= 0.3 is 0 Å². The van der Waals surface area contributed by atoms with Crippen LogP contribution < -0.4 is 25.2 Å². The van der Waals surface area contributed by atoms with E-state index in [1.807, 2.05) is 0 Å². The Morgan fingerprint density at radius 1 is 0.919 bits per heavy atom. The van der Waals surface area contributed by atoms with Crippen molar-refractivity contribution in [2.45, 2.75) is 0 Å². The van der Waals surface area contributed by atoms with E-state index in [0.29, 0.717) is 39.6 Å².